The second kappa shape index (κ2) is 7.02. The van der Waals surface area contributed by atoms with Crippen LogP contribution in [0.2, 0.25) is 0 Å². The first kappa shape index (κ1) is 15.9. The van der Waals surface area contributed by atoms with Crippen LogP contribution >= 0.6 is 0 Å². The third kappa shape index (κ3) is 4.03. The molecule has 1 amide bonds. The molecule has 1 saturated heterocycles. The number of morpholine rings is 1. The van der Waals surface area contributed by atoms with Gasteiger partial charge < -0.3 is 15.8 Å². The molecule has 0 radical (unpaired) electrons. The van der Waals surface area contributed by atoms with Crippen molar-refractivity contribution in [3.63, 3.8) is 0 Å². The molecule has 5 nitrogen and oxygen atoms in total. The minimum atomic E-state index is -1.01. The fourth-order valence-corrected chi connectivity index (χ4v) is 2.49. The van der Waals surface area contributed by atoms with Crippen molar-refractivity contribution in [1.29, 1.82) is 0 Å². The van der Waals surface area contributed by atoms with E-state index < -0.39 is 5.54 Å². The Balaban J connectivity index is 1.88. The highest BCUT2D eigenvalue weighted by molar-refractivity contribution is 5.86. The minimum absolute atomic E-state index is 0.145. The summed E-state index contributed by atoms with van der Waals surface area (Å²) in [6, 6.07) is 9.74. The molecule has 1 aromatic carbocycles. The van der Waals surface area contributed by atoms with E-state index in [2.05, 4.69) is 17.1 Å². The smallest absolute Gasteiger partial charge is 0.244 e. The number of amides is 1. The number of rotatable bonds is 5. The van der Waals surface area contributed by atoms with E-state index in [1.54, 1.807) is 6.92 Å². The number of benzene rings is 1. The molecular weight excluding hydrogens is 266 g/mol. The van der Waals surface area contributed by atoms with Gasteiger partial charge in [0.2, 0.25) is 5.91 Å². The van der Waals surface area contributed by atoms with E-state index >= 15 is 0 Å². The van der Waals surface area contributed by atoms with E-state index in [4.69, 9.17) is 10.5 Å². The number of nitrogens with one attached hydrogen (secondary N) is 1. The van der Waals surface area contributed by atoms with Crippen molar-refractivity contribution in [1.82, 2.24) is 10.2 Å². The first-order valence-electron chi connectivity index (χ1n) is 7.46. The van der Waals surface area contributed by atoms with Gasteiger partial charge in [0.25, 0.3) is 0 Å². The van der Waals surface area contributed by atoms with E-state index in [1.807, 2.05) is 30.3 Å². The fraction of sp³-hybridized carbons (Fsp3) is 0.562. The zero-order valence-corrected chi connectivity index (χ0v) is 12.8. The van der Waals surface area contributed by atoms with E-state index in [9.17, 15) is 4.79 Å². The van der Waals surface area contributed by atoms with Crippen LogP contribution < -0.4 is 11.1 Å². The van der Waals surface area contributed by atoms with E-state index in [0.717, 1.165) is 31.9 Å². The molecule has 0 aliphatic carbocycles. The van der Waals surface area contributed by atoms with Crippen LogP contribution in [0.4, 0.5) is 0 Å². The van der Waals surface area contributed by atoms with E-state index in [0.29, 0.717) is 6.54 Å². The minimum Gasteiger partial charge on any atom is -0.379 e. The van der Waals surface area contributed by atoms with Gasteiger partial charge in [-0.05, 0) is 19.4 Å². The lowest BCUT2D eigenvalue weighted by Crippen LogP contribution is -2.53. The molecular formula is C16H25N3O2. The van der Waals surface area contributed by atoms with Crippen LogP contribution in [0.1, 0.15) is 19.4 Å². The molecule has 1 aliphatic rings. The fourth-order valence-electron chi connectivity index (χ4n) is 2.49. The predicted octanol–water partition coefficient (Wildman–Crippen LogP) is 0.697. The quantitative estimate of drug-likeness (QED) is 0.838. The van der Waals surface area contributed by atoms with Gasteiger partial charge in [-0.25, -0.2) is 0 Å². The van der Waals surface area contributed by atoms with Crippen molar-refractivity contribution in [2.45, 2.75) is 25.4 Å². The molecule has 0 saturated carbocycles. The van der Waals surface area contributed by atoms with Gasteiger partial charge in [-0.3, -0.25) is 9.69 Å². The average molecular weight is 291 g/mol. The van der Waals surface area contributed by atoms with Gasteiger partial charge >= 0.3 is 0 Å². The van der Waals surface area contributed by atoms with Crippen LogP contribution in [0.5, 0.6) is 0 Å². The third-order valence-corrected chi connectivity index (χ3v) is 4.07. The molecule has 0 aromatic heterocycles. The molecule has 1 aliphatic heterocycles. The Bertz CT molecular complexity index is 456. The molecule has 2 rings (SSSR count). The molecule has 1 heterocycles. The highest BCUT2D eigenvalue weighted by Gasteiger charge is 2.30. The lowest BCUT2D eigenvalue weighted by Gasteiger charge is -2.33. The Morgan fingerprint density at radius 3 is 2.62 bits per heavy atom. The predicted molar refractivity (Wildman–Crippen MR) is 82.8 cm³/mol. The number of carbonyl (C=O) groups is 1. The number of ether oxygens (including phenoxy) is 1. The summed E-state index contributed by atoms with van der Waals surface area (Å²) in [6.45, 7) is 7.80. The van der Waals surface area contributed by atoms with Crippen LogP contribution in [0.15, 0.2) is 30.3 Å². The number of nitrogens with two attached hydrogens (primary N) is 1. The summed E-state index contributed by atoms with van der Waals surface area (Å²) in [5.74, 6) is -0.145. The summed E-state index contributed by atoms with van der Waals surface area (Å²) in [5.41, 5.74) is 6.01. The Kier molecular flexibility index (Phi) is 5.33. The van der Waals surface area contributed by atoms with Crippen molar-refractivity contribution in [2.75, 3.05) is 32.8 Å². The Morgan fingerprint density at radius 1 is 1.38 bits per heavy atom. The Hall–Kier alpha value is -1.43. The van der Waals surface area contributed by atoms with Gasteiger partial charge in [-0.1, -0.05) is 30.3 Å². The molecule has 3 N–H and O–H groups in total. The Morgan fingerprint density at radius 2 is 2.00 bits per heavy atom. The summed E-state index contributed by atoms with van der Waals surface area (Å²) in [6.07, 6.45) is 0. The molecule has 2 unspecified atom stereocenters. The van der Waals surface area contributed by atoms with E-state index in [1.165, 1.54) is 0 Å². The van der Waals surface area contributed by atoms with Crippen molar-refractivity contribution < 1.29 is 9.53 Å². The topological polar surface area (TPSA) is 67.6 Å². The maximum atomic E-state index is 12.4. The van der Waals surface area contributed by atoms with Gasteiger partial charge in [0.05, 0.1) is 13.2 Å². The van der Waals surface area contributed by atoms with Gasteiger partial charge in [-0.2, -0.15) is 0 Å². The van der Waals surface area contributed by atoms with Crippen molar-refractivity contribution in [3.05, 3.63) is 35.9 Å². The molecule has 2 atom stereocenters. The van der Waals surface area contributed by atoms with Crippen molar-refractivity contribution >= 4 is 5.91 Å². The van der Waals surface area contributed by atoms with Crippen molar-refractivity contribution in [3.8, 4) is 0 Å². The molecule has 1 aromatic rings. The van der Waals surface area contributed by atoms with Gasteiger partial charge in [0.1, 0.15) is 5.54 Å². The van der Waals surface area contributed by atoms with Gasteiger partial charge in [0.15, 0.2) is 0 Å². The van der Waals surface area contributed by atoms with Gasteiger partial charge in [-0.15, -0.1) is 0 Å². The number of hydrogen-bond acceptors (Lipinski definition) is 4. The Labute approximate surface area is 126 Å². The summed E-state index contributed by atoms with van der Waals surface area (Å²) in [5, 5.41) is 2.97. The lowest BCUT2D eigenvalue weighted by atomic mass is 9.92. The normalized spacial score (nSPS) is 20.5. The third-order valence-electron chi connectivity index (χ3n) is 4.07. The maximum Gasteiger partial charge on any atom is 0.244 e. The van der Waals surface area contributed by atoms with Gasteiger partial charge in [0, 0.05) is 25.7 Å². The lowest BCUT2D eigenvalue weighted by molar-refractivity contribution is -0.126. The summed E-state index contributed by atoms with van der Waals surface area (Å²) >= 11 is 0. The molecule has 0 bridgehead atoms. The van der Waals surface area contributed by atoms with Crippen molar-refractivity contribution in [2.24, 2.45) is 5.73 Å². The number of nitrogens with zero attached hydrogens (tertiary/aromatic N) is 1. The molecule has 21 heavy (non-hydrogen) atoms. The highest BCUT2D eigenvalue weighted by atomic mass is 16.5. The molecule has 1 fully saturated rings. The second-order valence-electron chi connectivity index (χ2n) is 5.78. The summed E-state index contributed by atoms with van der Waals surface area (Å²) in [4.78, 5) is 14.7. The summed E-state index contributed by atoms with van der Waals surface area (Å²) < 4.78 is 5.34. The summed E-state index contributed by atoms with van der Waals surface area (Å²) in [7, 11) is 0. The number of carbonyl (C=O) groups excluding carboxylic acids is 1. The van der Waals surface area contributed by atoms with Crippen LogP contribution in [-0.2, 0) is 15.1 Å². The van der Waals surface area contributed by atoms with Crippen LogP contribution in [0.3, 0.4) is 0 Å². The van der Waals surface area contributed by atoms with E-state index in [-0.39, 0.29) is 11.9 Å². The first-order valence-corrected chi connectivity index (χ1v) is 7.46. The average Bonchev–Trinajstić information content (AvgIpc) is 2.53. The molecule has 116 valence electrons. The standard InChI is InChI=1S/C16H25N3O2/c1-13(19-8-10-21-11-9-19)12-18-15(20)16(2,17)14-6-4-3-5-7-14/h3-7,13H,8-12,17H2,1-2H3,(H,18,20). The highest BCUT2D eigenvalue weighted by Crippen LogP contribution is 2.17. The largest absolute Gasteiger partial charge is 0.379 e. The first-order chi connectivity index (χ1) is 10.0. The zero-order valence-electron chi connectivity index (χ0n) is 12.8. The SMILES string of the molecule is CC(CNC(=O)C(C)(N)c1ccccc1)N1CCOCC1. The monoisotopic (exact) mass is 291 g/mol. The van der Waals surface area contributed by atoms with Crippen LogP contribution in [-0.4, -0.2) is 49.7 Å². The zero-order chi connectivity index (χ0) is 15.3. The number of hydrogen-bond donors (Lipinski definition) is 2. The molecule has 0 spiro atoms. The van der Waals surface area contributed by atoms with Crippen LogP contribution in [0, 0.1) is 0 Å². The molecule has 5 heteroatoms. The second-order valence-corrected chi connectivity index (χ2v) is 5.78. The van der Waals surface area contributed by atoms with Crippen LogP contribution in [0.25, 0.3) is 0 Å². The maximum absolute atomic E-state index is 12.4.